The Hall–Kier alpha value is 0.710. The minimum atomic E-state index is 0. The second kappa shape index (κ2) is 13.2. The summed E-state index contributed by atoms with van der Waals surface area (Å²) in [5.74, 6) is 0. The molecule has 4 nitrogen and oxygen atoms in total. The summed E-state index contributed by atoms with van der Waals surface area (Å²) in [6, 6.07) is 0.808. The Balaban J connectivity index is 0. The number of hydrogen-bond acceptors (Lipinski definition) is 4. The zero-order chi connectivity index (χ0) is 12.8. The number of likely N-dealkylation sites (N-methyl/N-ethyl adjacent to an activating group) is 2. The first-order valence-electron chi connectivity index (χ1n) is 7.65. The number of nitrogens with one attached hydrogen (secondary N) is 1. The van der Waals surface area contributed by atoms with E-state index in [0.29, 0.717) is 0 Å². The average molecular weight is 364 g/mol. The van der Waals surface area contributed by atoms with Crippen molar-refractivity contribution in [2.45, 2.75) is 25.8 Å². The van der Waals surface area contributed by atoms with Crippen molar-refractivity contribution in [3.05, 3.63) is 0 Å². The first kappa shape index (κ1) is 24.0. The molecule has 0 amide bonds. The molecule has 0 radical (unpaired) electrons. The molecule has 7 heteroatoms. The molecule has 2 aliphatic heterocycles. The smallest absolute Gasteiger partial charge is 0.0223 e. The lowest BCUT2D eigenvalue weighted by Gasteiger charge is -2.31. The molecule has 0 aromatic heterocycles. The molecule has 2 rings (SSSR count). The quantitative estimate of drug-likeness (QED) is 0.773. The van der Waals surface area contributed by atoms with Crippen molar-refractivity contribution in [3.8, 4) is 0 Å². The molecule has 1 atom stereocenters. The predicted octanol–water partition coefficient (Wildman–Crippen LogP) is 1.57. The first-order valence-corrected chi connectivity index (χ1v) is 7.65. The molecule has 1 unspecified atom stereocenters. The standard InChI is InChI=1S/C14H30N4.3ClH/c1-3-18-8-4-5-14(18)13-16(2)11-12-17-9-6-15-7-10-17;;;/h14-15H,3-13H2,1-2H3;3*1H. The van der Waals surface area contributed by atoms with E-state index in [-0.39, 0.29) is 37.2 Å². The number of hydrogen-bond donors (Lipinski definition) is 1. The topological polar surface area (TPSA) is 21.8 Å². The summed E-state index contributed by atoms with van der Waals surface area (Å²) < 4.78 is 0. The van der Waals surface area contributed by atoms with Crippen molar-refractivity contribution in [1.82, 2.24) is 20.0 Å². The van der Waals surface area contributed by atoms with Gasteiger partial charge in [-0.1, -0.05) is 6.92 Å². The van der Waals surface area contributed by atoms with Crippen LogP contribution in [0.25, 0.3) is 0 Å². The maximum Gasteiger partial charge on any atom is 0.0223 e. The number of rotatable bonds is 6. The highest BCUT2D eigenvalue weighted by molar-refractivity contribution is 5.86. The van der Waals surface area contributed by atoms with Gasteiger partial charge in [0.15, 0.2) is 0 Å². The van der Waals surface area contributed by atoms with E-state index < -0.39 is 0 Å². The molecule has 0 bridgehead atoms. The van der Waals surface area contributed by atoms with Gasteiger partial charge in [0, 0.05) is 51.9 Å². The number of halogens is 3. The summed E-state index contributed by atoms with van der Waals surface area (Å²) >= 11 is 0. The molecule has 0 spiro atoms. The third kappa shape index (κ3) is 8.21. The molecule has 0 saturated carbocycles. The lowest BCUT2D eigenvalue weighted by Crippen LogP contribution is -2.47. The molecule has 21 heavy (non-hydrogen) atoms. The van der Waals surface area contributed by atoms with Crippen molar-refractivity contribution in [3.63, 3.8) is 0 Å². The molecule has 1 N–H and O–H groups in total. The maximum absolute atomic E-state index is 3.41. The molecule has 2 aliphatic rings. The SMILES string of the molecule is CCN1CCCC1CN(C)CCN1CCNCC1.Cl.Cl.Cl. The van der Waals surface area contributed by atoms with Crippen LogP contribution in [0.1, 0.15) is 19.8 Å². The Labute approximate surface area is 149 Å². The highest BCUT2D eigenvalue weighted by atomic mass is 35.5. The van der Waals surface area contributed by atoms with E-state index >= 15 is 0 Å². The van der Waals surface area contributed by atoms with Crippen LogP contribution in [0.4, 0.5) is 0 Å². The Morgan fingerprint density at radius 1 is 1.10 bits per heavy atom. The molecule has 0 aromatic carbocycles. The van der Waals surface area contributed by atoms with Crippen LogP contribution >= 0.6 is 37.2 Å². The summed E-state index contributed by atoms with van der Waals surface area (Å²) in [6.45, 7) is 13.3. The van der Waals surface area contributed by atoms with Gasteiger partial charge in [-0.15, -0.1) is 37.2 Å². The van der Waals surface area contributed by atoms with E-state index in [9.17, 15) is 0 Å². The van der Waals surface area contributed by atoms with Crippen LogP contribution in [0.15, 0.2) is 0 Å². The van der Waals surface area contributed by atoms with Gasteiger partial charge < -0.3 is 10.2 Å². The Morgan fingerprint density at radius 2 is 1.76 bits per heavy atom. The second-order valence-electron chi connectivity index (χ2n) is 5.78. The fraction of sp³-hybridized carbons (Fsp3) is 1.00. The van der Waals surface area contributed by atoms with E-state index in [1.807, 2.05) is 0 Å². The van der Waals surface area contributed by atoms with Gasteiger partial charge in [-0.25, -0.2) is 0 Å². The molecular weight excluding hydrogens is 331 g/mol. The summed E-state index contributed by atoms with van der Waals surface area (Å²) in [4.78, 5) is 7.75. The van der Waals surface area contributed by atoms with Crippen LogP contribution in [0.2, 0.25) is 0 Å². The van der Waals surface area contributed by atoms with E-state index in [0.717, 1.165) is 19.1 Å². The van der Waals surface area contributed by atoms with E-state index in [2.05, 4.69) is 34.0 Å². The highest BCUT2D eigenvalue weighted by Crippen LogP contribution is 2.17. The maximum atomic E-state index is 3.41. The van der Waals surface area contributed by atoms with Crippen molar-refractivity contribution in [2.24, 2.45) is 0 Å². The lowest BCUT2D eigenvalue weighted by atomic mass is 10.2. The van der Waals surface area contributed by atoms with Crippen LogP contribution in [0, 0.1) is 0 Å². The molecule has 2 fully saturated rings. The van der Waals surface area contributed by atoms with Gasteiger partial charge >= 0.3 is 0 Å². The third-order valence-corrected chi connectivity index (χ3v) is 4.44. The minimum Gasteiger partial charge on any atom is -0.314 e. The van der Waals surface area contributed by atoms with Crippen molar-refractivity contribution in [2.75, 3.05) is 66.0 Å². The predicted molar refractivity (Wildman–Crippen MR) is 98.8 cm³/mol. The summed E-state index contributed by atoms with van der Waals surface area (Å²) in [5.41, 5.74) is 0. The van der Waals surface area contributed by atoms with Gasteiger partial charge in [0.25, 0.3) is 0 Å². The second-order valence-corrected chi connectivity index (χ2v) is 5.78. The van der Waals surface area contributed by atoms with E-state index in [1.165, 1.54) is 58.7 Å². The molecule has 130 valence electrons. The van der Waals surface area contributed by atoms with Gasteiger partial charge in [0.05, 0.1) is 0 Å². The molecule has 2 heterocycles. The van der Waals surface area contributed by atoms with Crippen molar-refractivity contribution < 1.29 is 0 Å². The Kier molecular flexibility index (Phi) is 15.0. The van der Waals surface area contributed by atoms with Gasteiger partial charge in [0.2, 0.25) is 0 Å². The van der Waals surface area contributed by atoms with Gasteiger partial charge in [-0.2, -0.15) is 0 Å². The Bertz CT molecular complexity index is 240. The summed E-state index contributed by atoms with van der Waals surface area (Å²) in [6.07, 6.45) is 2.79. The number of likely N-dealkylation sites (tertiary alicyclic amines) is 1. The van der Waals surface area contributed by atoms with Gasteiger partial charge in [0.1, 0.15) is 0 Å². The summed E-state index contributed by atoms with van der Waals surface area (Å²) in [5, 5.41) is 3.41. The number of nitrogens with zero attached hydrogens (tertiary/aromatic N) is 3. The first-order chi connectivity index (χ1) is 8.79. The fourth-order valence-electron chi connectivity index (χ4n) is 3.22. The van der Waals surface area contributed by atoms with E-state index in [1.54, 1.807) is 0 Å². The van der Waals surface area contributed by atoms with Gasteiger partial charge in [-0.05, 0) is 33.0 Å². The molecular formula is C14H33Cl3N4. The monoisotopic (exact) mass is 362 g/mol. The number of piperazine rings is 1. The molecule has 0 aromatic rings. The zero-order valence-electron chi connectivity index (χ0n) is 13.4. The van der Waals surface area contributed by atoms with Crippen LogP contribution in [0.3, 0.4) is 0 Å². The average Bonchev–Trinajstić information content (AvgIpc) is 2.85. The normalized spacial score (nSPS) is 23.3. The molecule has 0 aliphatic carbocycles. The van der Waals surface area contributed by atoms with Crippen LogP contribution in [-0.2, 0) is 0 Å². The van der Waals surface area contributed by atoms with E-state index in [4.69, 9.17) is 0 Å². The van der Waals surface area contributed by atoms with Crippen LogP contribution in [-0.4, -0.2) is 86.7 Å². The van der Waals surface area contributed by atoms with Crippen molar-refractivity contribution in [1.29, 1.82) is 0 Å². The van der Waals surface area contributed by atoms with Crippen LogP contribution in [0.5, 0.6) is 0 Å². The zero-order valence-corrected chi connectivity index (χ0v) is 15.9. The minimum absolute atomic E-state index is 0. The molecule has 2 saturated heterocycles. The van der Waals surface area contributed by atoms with Crippen LogP contribution < -0.4 is 5.32 Å². The third-order valence-electron chi connectivity index (χ3n) is 4.44. The Morgan fingerprint density at radius 3 is 2.38 bits per heavy atom. The fourth-order valence-corrected chi connectivity index (χ4v) is 3.22. The van der Waals surface area contributed by atoms with Crippen molar-refractivity contribution >= 4 is 37.2 Å². The largest absolute Gasteiger partial charge is 0.314 e. The lowest BCUT2D eigenvalue weighted by molar-refractivity contribution is 0.169. The summed E-state index contributed by atoms with van der Waals surface area (Å²) in [7, 11) is 2.29. The highest BCUT2D eigenvalue weighted by Gasteiger charge is 2.23. The van der Waals surface area contributed by atoms with Gasteiger partial charge in [-0.3, -0.25) is 9.80 Å².